The van der Waals surface area contributed by atoms with Crippen LogP contribution in [-0.2, 0) is 6.54 Å². The molecule has 5 heteroatoms. The highest BCUT2D eigenvalue weighted by Gasteiger charge is 1.98. The second kappa shape index (κ2) is 3.71. The fourth-order valence-corrected chi connectivity index (χ4v) is 1.26. The van der Waals surface area contributed by atoms with E-state index < -0.39 is 0 Å². The van der Waals surface area contributed by atoms with E-state index in [1.54, 1.807) is 13.1 Å². The molecule has 1 aromatic heterocycles. The van der Waals surface area contributed by atoms with Gasteiger partial charge in [0.15, 0.2) is 0 Å². The van der Waals surface area contributed by atoms with E-state index in [0.717, 1.165) is 0 Å². The highest BCUT2D eigenvalue weighted by Crippen LogP contribution is 1.87. The number of halogens is 1. The number of aromatic nitrogens is 2. The predicted octanol–water partition coefficient (Wildman–Crippen LogP) is 0.240. The lowest BCUT2D eigenvalue weighted by atomic mass is 10.4. The third-order valence-electron chi connectivity index (χ3n) is 1.51. The maximum Gasteiger partial charge on any atom is 0.328 e. The Morgan fingerprint density at radius 2 is 2.25 bits per heavy atom. The van der Waals surface area contributed by atoms with Crippen LogP contribution in [0.5, 0.6) is 0 Å². The first-order chi connectivity index (χ1) is 5.65. The number of aromatic amines is 1. The molecule has 0 radical (unpaired) electrons. The van der Waals surface area contributed by atoms with Crippen molar-refractivity contribution in [3.63, 3.8) is 0 Å². The number of hydrogen-bond donors (Lipinski definition) is 1. The Kier molecular flexibility index (Phi) is 2.86. The van der Waals surface area contributed by atoms with Gasteiger partial charge in [-0.15, -0.1) is 0 Å². The Balaban J connectivity index is 3.24. The van der Waals surface area contributed by atoms with Gasteiger partial charge in [0, 0.05) is 23.6 Å². The normalized spacial score (nSPS) is 10.2. The van der Waals surface area contributed by atoms with Crippen LogP contribution in [0.2, 0.25) is 0 Å². The zero-order chi connectivity index (χ0) is 9.14. The third-order valence-corrected chi connectivity index (χ3v) is 1.87. The summed E-state index contributed by atoms with van der Waals surface area (Å²) < 4.78 is 1.46. The quantitative estimate of drug-likeness (QED) is 0.744. The van der Waals surface area contributed by atoms with E-state index in [4.69, 9.17) is 0 Å². The van der Waals surface area contributed by atoms with E-state index in [1.165, 1.54) is 4.57 Å². The first kappa shape index (κ1) is 9.25. The number of aryl methyl sites for hydroxylation is 2. The van der Waals surface area contributed by atoms with Gasteiger partial charge in [0.2, 0.25) is 0 Å². The smallest absolute Gasteiger partial charge is 0.299 e. The number of nitrogens with zero attached hydrogens (tertiary/aromatic N) is 1. The SMILES string of the molecule is Cc1cn(CCBr)c(=O)[nH]c1=O. The lowest BCUT2D eigenvalue weighted by Crippen LogP contribution is -2.31. The van der Waals surface area contributed by atoms with Crippen molar-refractivity contribution in [1.82, 2.24) is 9.55 Å². The molecule has 0 aliphatic rings. The summed E-state index contributed by atoms with van der Waals surface area (Å²) in [6.45, 7) is 2.24. The minimum absolute atomic E-state index is 0.314. The van der Waals surface area contributed by atoms with Gasteiger partial charge in [-0.1, -0.05) is 15.9 Å². The monoisotopic (exact) mass is 232 g/mol. The van der Waals surface area contributed by atoms with Crippen molar-refractivity contribution < 1.29 is 0 Å². The van der Waals surface area contributed by atoms with Crippen molar-refractivity contribution in [2.75, 3.05) is 5.33 Å². The molecule has 0 saturated heterocycles. The molecule has 1 aromatic rings. The zero-order valence-electron chi connectivity index (χ0n) is 6.63. The van der Waals surface area contributed by atoms with Crippen molar-refractivity contribution in [1.29, 1.82) is 0 Å². The summed E-state index contributed by atoms with van der Waals surface area (Å²) in [5.74, 6) is 0. The number of hydrogen-bond acceptors (Lipinski definition) is 2. The van der Waals surface area contributed by atoms with Gasteiger partial charge in [0.25, 0.3) is 5.56 Å². The highest BCUT2D eigenvalue weighted by atomic mass is 79.9. The summed E-state index contributed by atoms with van der Waals surface area (Å²) in [7, 11) is 0. The van der Waals surface area contributed by atoms with Crippen LogP contribution < -0.4 is 11.2 Å². The molecule has 0 atom stereocenters. The van der Waals surface area contributed by atoms with Crippen molar-refractivity contribution >= 4 is 15.9 Å². The first-order valence-electron chi connectivity index (χ1n) is 3.51. The fourth-order valence-electron chi connectivity index (χ4n) is 0.876. The molecule has 0 unspecified atom stereocenters. The average Bonchev–Trinajstić information content (AvgIpc) is 2.01. The number of alkyl halides is 1. The second-order valence-corrected chi connectivity index (χ2v) is 3.25. The standard InChI is InChI=1S/C7H9BrN2O2/c1-5-4-10(3-2-8)7(12)9-6(5)11/h4H,2-3H2,1H3,(H,9,11,12). The lowest BCUT2D eigenvalue weighted by molar-refractivity contribution is 0.696. The zero-order valence-corrected chi connectivity index (χ0v) is 8.22. The van der Waals surface area contributed by atoms with Crippen LogP contribution in [0.25, 0.3) is 0 Å². The van der Waals surface area contributed by atoms with Gasteiger partial charge in [-0.05, 0) is 6.92 Å². The van der Waals surface area contributed by atoms with E-state index >= 15 is 0 Å². The van der Waals surface area contributed by atoms with E-state index in [1.807, 2.05) is 0 Å². The van der Waals surface area contributed by atoms with E-state index in [2.05, 4.69) is 20.9 Å². The molecule has 0 fully saturated rings. The van der Waals surface area contributed by atoms with Gasteiger partial charge in [-0.25, -0.2) is 4.79 Å². The lowest BCUT2D eigenvalue weighted by Gasteiger charge is -2.01. The van der Waals surface area contributed by atoms with Crippen molar-refractivity contribution in [2.24, 2.45) is 0 Å². The van der Waals surface area contributed by atoms with Gasteiger partial charge < -0.3 is 0 Å². The molecule has 4 nitrogen and oxygen atoms in total. The molecule has 0 aromatic carbocycles. The van der Waals surface area contributed by atoms with E-state index in [0.29, 0.717) is 17.4 Å². The van der Waals surface area contributed by atoms with Gasteiger partial charge in [-0.3, -0.25) is 14.3 Å². The molecule has 1 heterocycles. The number of H-pyrrole nitrogens is 1. The molecule has 0 amide bonds. The van der Waals surface area contributed by atoms with Crippen molar-refractivity contribution in [2.45, 2.75) is 13.5 Å². The molecule has 12 heavy (non-hydrogen) atoms. The number of rotatable bonds is 2. The van der Waals surface area contributed by atoms with Crippen LogP contribution in [-0.4, -0.2) is 14.9 Å². The van der Waals surface area contributed by atoms with E-state index in [9.17, 15) is 9.59 Å². The van der Waals surface area contributed by atoms with E-state index in [-0.39, 0.29) is 11.2 Å². The van der Waals surface area contributed by atoms with Gasteiger partial charge in [-0.2, -0.15) is 0 Å². The third kappa shape index (κ3) is 1.85. The minimum atomic E-state index is -0.356. The van der Waals surface area contributed by atoms with Crippen LogP contribution >= 0.6 is 15.9 Å². The molecule has 1 N–H and O–H groups in total. The molecule has 0 bridgehead atoms. The maximum atomic E-state index is 11.1. The summed E-state index contributed by atoms with van der Waals surface area (Å²) in [5.41, 5.74) is -0.119. The Labute approximate surface area is 77.4 Å². The fraction of sp³-hybridized carbons (Fsp3) is 0.429. The molecule has 0 aliphatic heterocycles. The molecule has 66 valence electrons. The predicted molar refractivity (Wildman–Crippen MR) is 49.9 cm³/mol. The van der Waals surface area contributed by atoms with Gasteiger partial charge >= 0.3 is 5.69 Å². The molecule has 0 saturated carbocycles. The van der Waals surface area contributed by atoms with Crippen molar-refractivity contribution in [3.8, 4) is 0 Å². The topological polar surface area (TPSA) is 54.9 Å². The summed E-state index contributed by atoms with van der Waals surface area (Å²) in [4.78, 5) is 24.2. The summed E-state index contributed by atoms with van der Waals surface area (Å²) >= 11 is 3.21. The van der Waals surface area contributed by atoms with Crippen LogP contribution in [0.3, 0.4) is 0 Å². The Morgan fingerprint density at radius 1 is 1.58 bits per heavy atom. The largest absolute Gasteiger partial charge is 0.328 e. The number of nitrogens with one attached hydrogen (secondary N) is 1. The molecule has 0 aliphatic carbocycles. The van der Waals surface area contributed by atoms with Crippen LogP contribution in [0.1, 0.15) is 5.56 Å². The molecular formula is C7H9BrN2O2. The van der Waals surface area contributed by atoms with Crippen molar-refractivity contribution in [3.05, 3.63) is 32.6 Å². The van der Waals surface area contributed by atoms with Crippen LogP contribution in [0, 0.1) is 6.92 Å². The second-order valence-electron chi connectivity index (χ2n) is 2.45. The highest BCUT2D eigenvalue weighted by molar-refractivity contribution is 9.09. The molecule has 0 spiro atoms. The minimum Gasteiger partial charge on any atom is -0.299 e. The molecule has 1 rings (SSSR count). The maximum absolute atomic E-state index is 11.1. The van der Waals surface area contributed by atoms with Gasteiger partial charge in [0.05, 0.1) is 0 Å². The van der Waals surface area contributed by atoms with Crippen LogP contribution in [0.15, 0.2) is 15.8 Å². The first-order valence-corrected chi connectivity index (χ1v) is 4.63. The Bertz CT molecular complexity index is 380. The van der Waals surface area contributed by atoms with Gasteiger partial charge in [0.1, 0.15) is 0 Å². The molecular weight excluding hydrogens is 224 g/mol. The summed E-state index contributed by atoms with van der Waals surface area (Å²) in [6.07, 6.45) is 1.56. The summed E-state index contributed by atoms with van der Waals surface area (Å²) in [6, 6.07) is 0. The van der Waals surface area contributed by atoms with Crippen LogP contribution in [0.4, 0.5) is 0 Å². The Morgan fingerprint density at radius 3 is 2.83 bits per heavy atom. The average molecular weight is 233 g/mol. The summed E-state index contributed by atoms with van der Waals surface area (Å²) in [5, 5.41) is 0.693. The Hall–Kier alpha value is -0.840.